The molecule has 0 saturated carbocycles. The molecule has 0 radical (unpaired) electrons. The molecule has 2 aliphatic heterocycles. The summed E-state index contributed by atoms with van der Waals surface area (Å²) in [6.45, 7) is 3.77. The van der Waals surface area contributed by atoms with Crippen LogP contribution in [0, 0.1) is 5.92 Å². The topological polar surface area (TPSA) is 49.6 Å². The van der Waals surface area contributed by atoms with E-state index >= 15 is 0 Å². The number of likely N-dealkylation sites (tertiary alicyclic amines) is 1. The lowest BCUT2D eigenvalue weighted by atomic mass is 9.92. The van der Waals surface area contributed by atoms with Crippen molar-refractivity contribution in [3.8, 4) is 0 Å². The number of carbonyl (C=O) groups excluding carboxylic acids is 1. The summed E-state index contributed by atoms with van der Waals surface area (Å²) in [5.74, 6) is 0.422. The van der Waals surface area contributed by atoms with Gasteiger partial charge in [0, 0.05) is 30.4 Å². The molecule has 2 aliphatic rings. The van der Waals surface area contributed by atoms with Crippen LogP contribution in [0.3, 0.4) is 0 Å². The molecular formula is C22H27N3O. The number of hydrogen-bond donors (Lipinski definition) is 1. The third-order valence-corrected chi connectivity index (χ3v) is 5.74. The summed E-state index contributed by atoms with van der Waals surface area (Å²) in [5.41, 5.74) is 10.5. The highest BCUT2D eigenvalue weighted by molar-refractivity contribution is 5.97. The molecule has 0 spiro atoms. The fraction of sp³-hybridized carbons (Fsp3) is 0.409. The maximum absolute atomic E-state index is 13.2. The van der Waals surface area contributed by atoms with Crippen LogP contribution >= 0.6 is 0 Å². The minimum atomic E-state index is 0.134. The van der Waals surface area contributed by atoms with E-state index in [-0.39, 0.29) is 11.8 Å². The molecule has 136 valence electrons. The summed E-state index contributed by atoms with van der Waals surface area (Å²) in [6, 6.07) is 16.5. The summed E-state index contributed by atoms with van der Waals surface area (Å²) in [5, 5.41) is 0. The number of hydrogen-bond acceptors (Lipinski definition) is 3. The smallest absolute Gasteiger partial charge is 0.230 e. The van der Waals surface area contributed by atoms with Gasteiger partial charge in [0.15, 0.2) is 0 Å². The highest BCUT2D eigenvalue weighted by Gasteiger charge is 2.31. The second-order valence-corrected chi connectivity index (χ2v) is 7.47. The molecule has 1 amide bonds. The Morgan fingerprint density at radius 1 is 1.00 bits per heavy atom. The van der Waals surface area contributed by atoms with Crippen LogP contribution < -0.4 is 10.6 Å². The van der Waals surface area contributed by atoms with Crippen molar-refractivity contribution >= 4 is 17.3 Å². The first kappa shape index (κ1) is 17.1. The van der Waals surface area contributed by atoms with E-state index in [4.69, 9.17) is 5.73 Å². The van der Waals surface area contributed by atoms with Gasteiger partial charge in [0.1, 0.15) is 0 Å². The lowest BCUT2D eigenvalue weighted by molar-refractivity contribution is -0.123. The number of anilines is 2. The second-order valence-electron chi connectivity index (χ2n) is 7.47. The van der Waals surface area contributed by atoms with Gasteiger partial charge in [-0.25, -0.2) is 0 Å². The van der Waals surface area contributed by atoms with E-state index in [0.29, 0.717) is 0 Å². The molecule has 0 atom stereocenters. The predicted molar refractivity (Wildman–Crippen MR) is 106 cm³/mol. The normalized spacial score (nSPS) is 18.5. The number of rotatable bonds is 3. The fourth-order valence-electron chi connectivity index (χ4n) is 4.28. The molecule has 2 N–H and O–H groups in total. The van der Waals surface area contributed by atoms with E-state index < -0.39 is 0 Å². The van der Waals surface area contributed by atoms with Crippen LogP contribution in [0.2, 0.25) is 0 Å². The maximum atomic E-state index is 13.2. The van der Waals surface area contributed by atoms with Gasteiger partial charge >= 0.3 is 0 Å². The van der Waals surface area contributed by atoms with Crippen molar-refractivity contribution in [1.29, 1.82) is 0 Å². The predicted octanol–water partition coefficient (Wildman–Crippen LogP) is 3.46. The van der Waals surface area contributed by atoms with Crippen molar-refractivity contribution in [3.63, 3.8) is 0 Å². The Morgan fingerprint density at radius 3 is 2.54 bits per heavy atom. The molecule has 4 nitrogen and oxygen atoms in total. The van der Waals surface area contributed by atoms with Gasteiger partial charge in [-0.3, -0.25) is 9.69 Å². The van der Waals surface area contributed by atoms with Gasteiger partial charge in [-0.1, -0.05) is 36.4 Å². The fourth-order valence-corrected chi connectivity index (χ4v) is 4.28. The molecule has 0 bridgehead atoms. The van der Waals surface area contributed by atoms with Gasteiger partial charge in [0.25, 0.3) is 0 Å². The Morgan fingerprint density at radius 2 is 1.77 bits per heavy atom. The molecule has 0 unspecified atom stereocenters. The van der Waals surface area contributed by atoms with Crippen molar-refractivity contribution in [3.05, 3.63) is 59.7 Å². The Kier molecular flexibility index (Phi) is 4.93. The van der Waals surface area contributed by atoms with Gasteiger partial charge < -0.3 is 10.6 Å². The monoisotopic (exact) mass is 349 g/mol. The molecular weight excluding hydrogens is 322 g/mol. The Balaban J connectivity index is 1.40. The Labute approximate surface area is 155 Å². The van der Waals surface area contributed by atoms with E-state index in [0.717, 1.165) is 68.8 Å². The lowest BCUT2D eigenvalue weighted by Crippen LogP contribution is -2.44. The molecule has 1 saturated heterocycles. The number of benzene rings is 2. The lowest BCUT2D eigenvalue weighted by Gasteiger charge is -2.36. The standard InChI is InChI=1S/C22H27N3O/c23-20-9-4-10-21-19(20)8-5-13-25(21)22(26)18-11-14-24(15-12-18)16-17-6-2-1-3-7-17/h1-4,6-7,9-10,18H,5,8,11-16,23H2. The molecule has 2 heterocycles. The number of amides is 1. The van der Waals surface area contributed by atoms with Gasteiger partial charge in [-0.15, -0.1) is 0 Å². The van der Waals surface area contributed by atoms with Crippen LogP contribution in [-0.2, 0) is 17.8 Å². The Bertz CT molecular complexity index is 766. The summed E-state index contributed by atoms with van der Waals surface area (Å²) < 4.78 is 0. The number of fused-ring (bicyclic) bond motifs is 1. The van der Waals surface area contributed by atoms with Crippen LogP contribution in [0.5, 0.6) is 0 Å². The molecule has 4 rings (SSSR count). The van der Waals surface area contributed by atoms with Crippen LogP contribution in [-0.4, -0.2) is 30.4 Å². The molecule has 4 heteroatoms. The first-order valence-electron chi connectivity index (χ1n) is 9.67. The maximum Gasteiger partial charge on any atom is 0.230 e. The molecule has 1 fully saturated rings. The summed E-state index contributed by atoms with van der Waals surface area (Å²) in [7, 11) is 0. The molecule has 2 aromatic rings. The van der Waals surface area contributed by atoms with Crippen LogP contribution in [0.15, 0.2) is 48.5 Å². The number of nitrogens with zero attached hydrogens (tertiary/aromatic N) is 2. The zero-order valence-electron chi connectivity index (χ0n) is 15.2. The summed E-state index contributed by atoms with van der Waals surface area (Å²) in [6.07, 6.45) is 3.86. The van der Waals surface area contributed by atoms with Crippen molar-refractivity contribution in [1.82, 2.24) is 4.90 Å². The van der Waals surface area contributed by atoms with Crippen molar-refractivity contribution in [2.24, 2.45) is 5.92 Å². The van der Waals surface area contributed by atoms with E-state index in [1.807, 2.05) is 23.1 Å². The average Bonchev–Trinajstić information content (AvgIpc) is 2.69. The molecule has 0 aliphatic carbocycles. The number of nitrogen functional groups attached to an aromatic ring is 1. The number of piperidine rings is 1. The second kappa shape index (κ2) is 7.50. The molecule has 0 aromatic heterocycles. The summed E-state index contributed by atoms with van der Waals surface area (Å²) >= 11 is 0. The van der Waals surface area contributed by atoms with Gasteiger partial charge in [-0.2, -0.15) is 0 Å². The van der Waals surface area contributed by atoms with E-state index in [9.17, 15) is 4.79 Å². The zero-order valence-corrected chi connectivity index (χ0v) is 15.2. The third-order valence-electron chi connectivity index (χ3n) is 5.74. The Hall–Kier alpha value is -2.33. The highest BCUT2D eigenvalue weighted by Crippen LogP contribution is 2.33. The number of nitrogens with two attached hydrogens (primary N) is 1. The largest absolute Gasteiger partial charge is 0.398 e. The van der Waals surface area contributed by atoms with Crippen LogP contribution in [0.4, 0.5) is 11.4 Å². The average molecular weight is 349 g/mol. The quantitative estimate of drug-likeness (QED) is 0.864. The number of carbonyl (C=O) groups is 1. The third kappa shape index (κ3) is 3.47. The minimum Gasteiger partial charge on any atom is -0.398 e. The van der Waals surface area contributed by atoms with Crippen molar-refractivity contribution < 1.29 is 4.79 Å². The van der Waals surface area contributed by atoms with Gasteiger partial charge in [0.2, 0.25) is 5.91 Å². The van der Waals surface area contributed by atoms with Gasteiger partial charge in [0.05, 0.1) is 0 Å². The van der Waals surface area contributed by atoms with E-state index in [2.05, 4.69) is 35.2 Å². The molecule has 2 aromatic carbocycles. The van der Waals surface area contributed by atoms with Crippen LogP contribution in [0.25, 0.3) is 0 Å². The van der Waals surface area contributed by atoms with E-state index in [1.54, 1.807) is 0 Å². The molecule has 26 heavy (non-hydrogen) atoms. The zero-order chi connectivity index (χ0) is 17.9. The van der Waals surface area contributed by atoms with E-state index in [1.165, 1.54) is 5.56 Å². The highest BCUT2D eigenvalue weighted by atomic mass is 16.2. The minimum absolute atomic E-state index is 0.134. The van der Waals surface area contributed by atoms with Crippen LogP contribution in [0.1, 0.15) is 30.4 Å². The SMILES string of the molecule is Nc1cccc2c1CCCN2C(=O)C1CCN(Cc2ccccc2)CC1. The van der Waals surface area contributed by atoms with Crippen molar-refractivity contribution in [2.45, 2.75) is 32.2 Å². The van der Waals surface area contributed by atoms with Gasteiger partial charge in [-0.05, 0) is 62.0 Å². The van der Waals surface area contributed by atoms with Crippen molar-refractivity contribution in [2.75, 3.05) is 30.3 Å². The first-order valence-corrected chi connectivity index (χ1v) is 9.67. The summed E-state index contributed by atoms with van der Waals surface area (Å²) in [4.78, 5) is 17.6. The first-order chi connectivity index (χ1) is 12.7.